The van der Waals surface area contributed by atoms with Gasteiger partial charge in [0.1, 0.15) is 12.4 Å². The van der Waals surface area contributed by atoms with E-state index in [-0.39, 0.29) is 18.3 Å². The minimum Gasteiger partial charge on any atom is -0.495 e. The Labute approximate surface area is 202 Å². The summed E-state index contributed by atoms with van der Waals surface area (Å²) in [6, 6.07) is 10.9. The highest BCUT2D eigenvalue weighted by molar-refractivity contribution is 7.99. The lowest BCUT2D eigenvalue weighted by Gasteiger charge is -2.13. The fourth-order valence-electron chi connectivity index (χ4n) is 3.09. The SMILES string of the molecule is CCOc1cc(C)ccc1OCc1nnc(SCC(=O)Nc2cc(Cl)ccc2OC)n1CC. The van der Waals surface area contributed by atoms with Crippen LogP contribution >= 0.6 is 23.4 Å². The van der Waals surface area contributed by atoms with E-state index >= 15 is 0 Å². The van der Waals surface area contributed by atoms with E-state index < -0.39 is 0 Å². The van der Waals surface area contributed by atoms with Crippen molar-refractivity contribution < 1.29 is 19.0 Å². The van der Waals surface area contributed by atoms with Crippen molar-refractivity contribution in [3.8, 4) is 17.2 Å². The summed E-state index contributed by atoms with van der Waals surface area (Å²) in [6.45, 7) is 7.35. The summed E-state index contributed by atoms with van der Waals surface area (Å²) >= 11 is 7.32. The average molecular weight is 491 g/mol. The molecule has 0 fully saturated rings. The molecule has 1 aromatic heterocycles. The summed E-state index contributed by atoms with van der Waals surface area (Å²) < 4.78 is 18.8. The van der Waals surface area contributed by atoms with Crippen molar-refractivity contribution in [1.29, 1.82) is 0 Å². The average Bonchev–Trinajstić information content (AvgIpc) is 3.19. The first-order chi connectivity index (χ1) is 15.9. The van der Waals surface area contributed by atoms with Crippen LogP contribution in [0.1, 0.15) is 25.2 Å². The summed E-state index contributed by atoms with van der Waals surface area (Å²) in [5.74, 6) is 2.50. The molecule has 0 spiro atoms. The van der Waals surface area contributed by atoms with Gasteiger partial charge in [0.25, 0.3) is 0 Å². The van der Waals surface area contributed by atoms with Crippen LogP contribution < -0.4 is 19.5 Å². The molecule has 8 nitrogen and oxygen atoms in total. The number of thioether (sulfide) groups is 1. The van der Waals surface area contributed by atoms with Gasteiger partial charge in [-0.15, -0.1) is 10.2 Å². The molecule has 0 aliphatic heterocycles. The van der Waals surface area contributed by atoms with Gasteiger partial charge in [0.05, 0.1) is 25.2 Å². The van der Waals surface area contributed by atoms with Gasteiger partial charge in [-0.2, -0.15) is 0 Å². The number of hydrogen-bond acceptors (Lipinski definition) is 7. The zero-order chi connectivity index (χ0) is 23.8. The highest BCUT2D eigenvalue weighted by Crippen LogP contribution is 2.30. The summed E-state index contributed by atoms with van der Waals surface area (Å²) in [7, 11) is 1.54. The quantitative estimate of drug-likeness (QED) is 0.379. The van der Waals surface area contributed by atoms with Crippen molar-refractivity contribution in [2.24, 2.45) is 0 Å². The molecule has 33 heavy (non-hydrogen) atoms. The smallest absolute Gasteiger partial charge is 0.234 e. The summed E-state index contributed by atoms with van der Waals surface area (Å²) in [5.41, 5.74) is 1.61. The van der Waals surface area contributed by atoms with Crippen molar-refractivity contribution in [1.82, 2.24) is 14.8 Å². The number of carbonyl (C=O) groups is 1. The van der Waals surface area contributed by atoms with Gasteiger partial charge >= 0.3 is 0 Å². The van der Waals surface area contributed by atoms with Crippen molar-refractivity contribution in [2.45, 2.75) is 39.1 Å². The van der Waals surface area contributed by atoms with Crippen LogP contribution in [0.5, 0.6) is 17.2 Å². The van der Waals surface area contributed by atoms with Crippen molar-refractivity contribution in [3.63, 3.8) is 0 Å². The number of aryl methyl sites for hydroxylation is 1. The van der Waals surface area contributed by atoms with Gasteiger partial charge in [-0.1, -0.05) is 29.4 Å². The summed E-state index contributed by atoms with van der Waals surface area (Å²) in [6.07, 6.45) is 0. The summed E-state index contributed by atoms with van der Waals surface area (Å²) in [5, 5.41) is 12.5. The molecule has 3 rings (SSSR count). The Morgan fingerprint density at radius 3 is 2.61 bits per heavy atom. The maximum absolute atomic E-state index is 12.5. The Balaban J connectivity index is 1.63. The van der Waals surface area contributed by atoms with Crippen LogP contribution in [0.4, 0.5) is 5.69 Å². The fourth-order valence-corrected chi connectivity index (χ4v) is 4.08. The van der Waals surface area contributed by atoms with Crippen molar-refractivity contribution in [2.75, 3.05) is 24.8 Å². The number of amides is 1. The zero-order valence-corrected chi connectivity index (χ0v) is 20.6. The maximum Gasteiger partial charge on any atom is 0.234 e. The van der Waals surface area contributed by atoms with Gasteiger partial charge in [0.15, 0.2) is 22.5 Å². The standard InChI is InChI=1S/C23H27ClN4O4S/c1-5-28-21(13-32-19-9-7-15(3)11-20(19)31-6-2)26-27-23(28)33-14-22(29)25-17-12-16(24)8-10-18(17)30-4/h7-12H,5-6,13-14H2,1-4H3,(H,25,29). The van der Waals surface area contributed by atoms with Crippen molar-refractivity contribution in [3.05, 3.63) is 52.8 Å². The number of methoxy groups -OCH3 is 1. The first-order valence-electron chi connectivity index (χ1n) is 10.5. The molecule has 1 heterocycles. The third kappa shape index (κ3) is 6.55. The molecule has 0 saturated carbocycles. The number of carbonyl (C=O) groups excluding carboxylic acids is 1. The van der Waals surface area contributed by atoms with Crippen LogP contribution in [0.25, 0.3) is 0 Å². The molecule has 1 amide bonds. The molecule has 176 valence electrons. The van der Waals surface area contributed by atoms with Crippen LogP contribution in [0.2, 0.25) is 5.02 Å². The van der Waals surface area contributed by atoms with Gasteiger partial charge < -0.3 is 24.1 Å². The Morgan fingerprint density at radius 2 is 1.88 bits per heavy atom. The number of halogens is 1. The Bertz CT molecular complexity index is 1110. The van der Waals surface area contributed by atoms with Gasteiger partial charge in [-0.25, -0.2) is 0 Å². The van der Waals surface area contributed by atoms with Crippen LogP contribution in [-0.4, -0.2) is 40.1 Å². The number of hydrogen-bond donors (Lipinski definition) is 1. The van der Waals surface area contributed by atoms with Crippen LogP contribution in [0.15, 0.2) is 41.6 Å². The van der Waals surface area contributed by atoms with E-state index in [9.17, 15) is 4.79 Å². The maximum atomic E-state index is 12.5. The second-order valence-corrected chi connectivity index (χ2v) is 8.38. The second kappa shape index (κ2) is 11.8. The van der Waals surface area contributed by atoms with Gasteiger partial charge in [-0.05, 0) is 56.7 Å². The molecule has 0 atom stereocenters. The number of anilines is 1. The molecule has 0 saturated heterocycles. The number of rotatable bonds is 11. The lowest BCUT2D eigenvalue weighted by Crippen LogP contribution is -2.15. The highest BCUT2D eigenvalue weighted by atomic mass is 35.5. The van der Waals surface area contributed by atoms with E-state index in [2.05, 4.69) is 15.5 Å². The lowest BCUT2D eigenvalue weighted by atomic mass is 10.2. The van der Waals surface area contributed by atoms with E-state index in [1.807, 2.05) is 43.5 Å². The molecule has 10 heteroatoms. The topological polar surface area (TPSA) is 87.5 Å². The predicted molar refractivity (Wildman–Crippen MR) is 130 cm³/mol. The Morgan fingerprint density at radius 1 is 1.09 bits per heavy atom. The van der Waals surface area contributed by atoms with E-state index in [0.717, 1.165) is 5.56 Å². The number of nitrogens with one attached hydrogen (secondary N) is 1. The normalized spacial score (nSPS) is 10.7. The lowest BCUT2D eigenvalue weighted by molar-refractivity contribution is -0.113. The molecule has 0 aliphatic carbocycles. The monoisotopic (exact) mass is 490 g/mol. The van der Waals surface area contributed by atoms with Crippen molar-refractivity contribution >= 4 is 35.0 Å². The van der Waals surface area contributed by atoms with E-state index in [0.29, 0.717) is 52.1 Å². The summed E-state index contributed by atoms with van der Waals surface area (Å²) in [4.78, 5) is 12.5. The van der Waals surface area contributed by atoms with Gasteiger partial charge in [0, 0.05) is 11.6 Å². The van der Waals surface area contributed by atoms with E-state index in [1.54, 1.807) is 18.2 Å². The Kier molecular flexibility index (Phi) is 8.85. The first kappa shape index (κ1) is 24.7. The molecule has 1 N–H and O–H groups in total. The number of aromatic nitrogens is 3. The van der Waals surface area contributed by atoms with Gasteiger partial charge in [-0.3, -0.25) is 4.79 Å². The molecular formula is C23H27ClN4O4S. The second-order valence-electron chi connectivity index (χ2n) is 7.00. The van der Waals surface area contributed by atoms with Gasteiger partial charge in [0.2, 0.25) is 5.91 Å². The molecule has 0 bridgehead atoms. The van der Waals surface area contributed by atoms with Crippen LogP contribution in [-0.2, 0) is 17.9 Å². The highest BCUT2D eigenvalue weighted by Gasteiger charge is 2.16. The minimum absolute atomic E-state index is 0.154. The third-order valence-corrected chi connectivity index (χ3v) is 5.84. The fraction of sp³-hybridized carbons (Fsp3) is 0.348. The first-order valence-corrected chi connectivity index (χ1v) is 11.9. The largest absolute Gasteiger partial charge is 0.495 e. The van der Waals surface area contributed by atoms with E-state index in [4.69, 9.17) is 25.8 Å². The molecule has 0 radical (unpaired) electrons. The predicted octanol–water partition coefficient (Wildman–Crippen LogP) is 4.98. The van der Waals surface area contributed by atoms with Crippen LogP contribution in [0, 0.1) is 6.92 Å². The number of benzene rings is 2. The van der Waals surface area contributed by atoms with E-state index in [1.165, 1.54) is 18.9 Å². The minimum atomic E-state index is -0.204. The molecule has 0 aliphatic rings. The van der Waals surface area contributed by atoms with Crippen LogP contribution in [0.3, 0.4) is 0 Å². The molecular weight excluding hydrogens is 464 g/mol. The third-order valence-electron chi connectivity index (χ3n) is 4.63. The number of nitrogens with zero attached hydrogens (tertiary/aromatic N) is 3. The number of ether oxygens (including phenoxy) is 3. The zero-order valence-electron chi connectivity index (χ0n) is 19.1. The molecule has 3 aromatic rings. The molecule has 2 aromatic carbocycles. The Hall–Kier alpha value is -2.91. The molecule has 0 unspecified atom stereocenters.